The van der Waals surface area contributed by atoms with Gasteiger partial charge in [0.15, 0.2) is 0 Å². The molecule has 138 valence electrons. The van der Waals surface area contributed by atoms with E-state index in [2.05, 4.69) is 5.32 Å². The van der Waals surface area contributed by atoms with Crippen molar-refractivity contribution in [2.24, 2.45) is 0 Å². The van der Waals surface area contributed by atoms with Gasteiger partial charge >= 0.3 is 0 Å². The minimum Gasteiger partial charge on any atom is -0.497 e. The quantitative estimate of drug-likeness (QED) is 0.827. The number of likely N-dealkylation sites (N-methyl/N-ethyl adjacent to an activating group) is 1. The second-order valence-electron chi connectivity index (χ2n) is 5.93. The van der Waals surface area contributed by atoms with Crippen molar-refractivity contribution in [3.8, 4) is 5.75 Å². The first-order chi connectivity index (χ1) is 12.5. The average molecular weight is 358 g/mol. The summed E-state index contributed by atoms with van der Waals surface area (Å²) >= 11 is 0. The number of hydrogen-bond donors (Lipinski definition) is 1. The van der Waals surface area contributed by atoms with Gasteiger partial charge in [0, 0.05) is 13.6 Å². The normalized spacial score (nSPS) is 11.5. The average Bonchev–Trinajstić information content (AvgIpc) is 2.66. The van der Waals surface area contributed by atoms with Gasteiger partial charge in [0.1, 0.15) is 17.6 Å². The molecule has 0 bridgehead atoms. The number of rotatable bonds is 7. The number of carbonyl (C=O) groups is 2. The molecule has 5 nitrogen and oxygen atoms in total. The Hall–Kier alpha value is -2.89. The van der Waals surface area contributed by atoms with Crippen molar-refractivity contribution in [1.82, 2.24) is 10.2 Å². The molecule has 0 fully saturated rings. The smallest absolute Gasteiger partial charge is 0.242 e. The van der Waals surface area contributed by atoms with Gasteiger partial charge in [0.2, 0.25) is 11.8 Å². The van der Waals surface area contributed by atoms with Crippen molar-refractivity contribution in [2.45, 2.75) is 25.9 Å². The molecule has 0 heterocycles. The SMILES string of the molecule is CNC(=O)C(C)N(Cc1cccc(OC)c1)C(=O)Cc1ccccc1F. The summed E-state index contributed by atoms with van der Waals surface area (Å²) in [5.74, 6) is -0.379. The largest absolute Gasteiger partial charge is 0.497 e. The Morgan fingerprint density at radius 2 is 1.92 bits per heavy atom. The zero-order valence-corrected chi connectivity index (χ0v) is 15.2. The molecule has 0 aliphatic heterocycles. The van der Waals surface area contributed by atoms with Crippen molar-refractivity contribution >= 4 is 11.8 Å². The Morgan fingerprint density at radius 3 is 2.58 bits per heavy atom. The Morgan fingerprint density at radius 1 is 1.19 bits per heavy atom. The number of benzene rings is 2. The zero-order valence-electron chi connectivity index (χ0n) is 15.2. The molecule has 2 rings (SSSR count). The summed E-state index contributed by atoms with van der Waals surface area (Å²) in [7, 11) is 3.08. The van der Waals surface area contributed by atoms with Gasteiger partial charge in [-0.3, -0.25) is 9.59 Å². The third kappa shape index (κ3) is 4.81. The lowest BCUT2D eigenvalue weighted by molar-refractivity contribution is -0.139. The van der Waals surface area contributed by atoms with Gasteiger partial charge < -0.3 is 15.0 Å². The van der Waals surface area contributed by atoms with Crippen LogP contribution in [0.2, 0.25) is 0 Å². The summed E-state index contributed by atoms with van der Waals surface area (Å²) in [6.45, 7) is 1.87. The fraction of sp³-hybridized carbons (Fsp3) is 0.300. The molecule has 26 heavy (non-hydrogen) atoms. The van der Waals surface area contributed by atoms with E-state index >= 15 is 0 Å². The molecule has 0 saturated heterocycles. The lowest BCUT2D eigenvalue weighted by Gasteiger charge is -2.28. The molecule has 2 aromatic carbocycles. The van der Waals surface area contributed by atoms with E-state index in [0.29, 0.717) is 11.3 Å². The summed E-state index contributed by atoms with van der Waals surface area (Å²) in [5, 5.41) is 2.55. The van der Waals surface area contributed by atoms with Gasteiger partial charge in [-0.1, -0.05) is 30.3 Å². The van der Waals surface area contributed by atoms with Gasteiger partial charge in [-0.05, 0) is 36.2 Å². The number of halogens is 1. The standard InChI is InChI=1S/C20H23FN2O3/c1-14(20(25)22-2)23(13-15-7-6-9-17(11-15)26-3)19(24)12-16-8-4-5-10-18(16)21/h4-11,14H,12-13H2,1-3H3,(H,22,25). The molecule has 2 aromatic rings. The minimum atomic E-state index is -0.689. The first-order valence-corrected chi connectivity index (χ1v) is 8.33. The Labute approximate surface area is 152 Å². The number of nitrogens with zero attached hydrogens (tertiary/aromatic N) is 1. The van der Waals surface area contributed by atoms with E-state index in [9.17, 15) is 14.0 Å². The first kappa shape index (κ1) is 19.4. The second-order valence-corrected chi connectivity index (χ2v) is 5.93. The van der Waals surface area contributed by atoms with Crippen LogP contribution in [0, 0.1) is 5.82 Å². The summed E-state index contributed by atoms with van der Waals surface area (Å²) < 4.78 is 19.1. The number of amides is 2. The van der Waals surface area contributed by atoms with Crippen molar-refractivity contribution in [1.29, 1.82) is 0 Å². The zero-order chi connectivity index (χ0) is 19.1. The Balaban J connectivity index is 2.26. The van der Waals surface area contributed by atoms with Crippen molar-refractivity contribution in [2.75, 3.05) is 14.2 Å². The van der Waals surface area contributed by atoms with Crippen LogP contribution in [-0.4, -0.2) is 36.9 Å². The van der Waals surface area contributed by atoms with E-state index in [0.717, 1.165) is 5.56 Å². The maximum Gasteiger partial charge on any atom is 0.242 e. The lowest BCUT2D eigenvalue weighted by atomic mass is 10.1. The highest BCUT2D eigenvalue weighted by molar-refractivity contribution is 5.88. The second kappa shape index (κ2) is 8.99. The predicted octanol–water partition coefficient (Wildman–Crippen LogP) is 2.54. The maximum atomic E-state index is 13.9. The van der Waals surface area contributed by atoms with Crippen LogP contribution in [0.1, 0.15) is 18.1 Å². The molecule has 1 unspecified atom stereocenters. The first-order valence-electron chi connectivity index (χ1n) is 8.33. The molecule has 1 N–H and O–H groups in total. The van der Waals surface area contributed by atoms with E-state index in [1.54, 1.807) is 44.4 Å². The molecular weight excluding hydrogens is 335 g/mol. The van der Waals surface area contributed by atoms with Gasteiger partial charge in [-0.15, -0.1) is 0 Å². The molecule has 6 heteroatoms. The number of methoxy groups -OCH3 is 1. The highest BCUT2D eigenvalue weighted by Gasteiger charge is 2.26. The highest BCUT2D eigenvalue weighted by atomic mass is 19.1. The number of ether oxygens (including phenoxy) is 1. The monoisotopic (exact) mass is 358 g/mol. The van der Waals surface area contributed by atoms with E-state index in [-0.39, 0.29) is 24.8 Å². The summed E-state index contributed by atoms with van der Waals surface area (Å²) in [6.07, 6.45) is -0.113. The van der Waals surface area contributed by atoms with Gasteiger partial charge in [0.05, 0.1) is 13.5 Å². The molecule has 0 saturated carbocycles. The molecule has 2 amide bonds. The van der Waals surface area contributed by atoms with Crippen LogP contribution >= 0.6 is 0 Å². The minimum absolute atomic E-state index is 0.113. The predicted molar refractivity (Wildman–Crippen MR) is 97.2 cm³/mol. The van der Waals surface area contributed by atoms with Crippen LogP contribution in [0.5, 0.6) is 5.75 Å². The molecule has 0 spiro atoms. The van der Waals surface area contributed by atoms with E-state index in [4.69, 9.17) is 4.74 Å². The summed E-state index contributed by atoms with van der Waals surface area (Å²) in [5.41, 5.74) is 1.12. The van der Waals surface area contributed by atoms with Crippen LogP contribution < -0.4 is 10.1 Å². The maximum absolute atomic E-state index is 13.9. The van der Waals surface area contributed by atoms with E-state index in [1.807, 2.05) is 12.1 Å². The fourth-order valence-electron chi connectivity index (χ4n) is 2.67. The summed E-state index contributed by atoms with van der Waals surface area (Å²) in [4.78, 5) is 26.4. The fourth-order valence-corrected chi connectivity index (χ4v) is 2.67. The lowest BCUT2D eigenvalue weighted by Crippen LogP contribution is -2.47. The molecule has 0 aliphatic rings. The number of hydrogen-bond acceptors (Lipinski definition) is 3. The highest BCUT2D eigenvalue weighted by Crippen LogP contribution is 2.17. The molecule has 0 radical (unpaired) electrons. The third-order valence-corrected chi connectivity index (χ3v) is 4.20. The van der Waals surface area contributed by atoms with Crippen LogP contribution in [-0.2, 0) is 22.6 Å². The molecule has 0 aromatic heterocycles. The van der Waals surface area contributed by atoms with E-state index in [1.165, 1.54) is 18.0 Å². The van der Waals surface area contributed by atoms with Crippen LogP contribution in [0.25, 0.3) is 0 Å². The molecule has 0 aliphatic carbocycles. The van der Waals surface area contributed by atoms with Crippen LogP contribution in [0.3, 0.4) is 0 Å². The van der Waals surface area contributed by atoms with Crippen LogP contribution in [0.15, 0.2) is 48.5 Å². The van der Waals surface area contributed by atoms with Crippen molar-refractivity contribution in [3.05, 3.63) is 65.5 Å². The van der Waals surface area contributed by atoms with Gasteiger partial charge in [-0.2, -0.15) is 0 Å². The van der Waals surface area contributed by atoms with Gasteiger partial charge in [-0.25, -0.2) is 4.39 Å². The Kier molecular flexibility index (Phi) is 6.72. The summed E-state index contributed by atoms with van der Waals surface area (Å²) in [6, 6.07) is 12.7. The van der Waals surface area contributed by atoms with Crippen molar-refractivity contribution < 1.29 is 18.7 Å². The van der Waals surface area contributed by atoms with Crippen molar-refractivity contribution in [3.63, 3.8) is 0 Å². The number of carbonyl (C=O) groups excluding carboxylic acids is 2. The Bertz CT molecular complexity index is 779. The topological polar surface area (TPSA) is 58.6 Å². The number of nitrogens with one attached hydrogen (secondary N) is 1. The van der Waals surface area contributed by atoms with E-state index < -0.39 is 11.9 Å². The molecule has 1 atom stereocenters. The molecular formula is C20H23FN2O3. The van der Waals surface area contributed by atoms with Gasteiger partial charge in [0.25, 0.3) is 0 Å². The van der Waals surface area contributed by atoms with Crippen LogP contribution in [0.4, 0.5) is 4.39 Å². The third-order valence-electron chi connectivity index (χ3n) is 4.20.